The second-order valence-corrected chi connectivity index (χ2v) is 4.60. The summed E-state index contributed by atoms with van der Waals surface area (Å²) in [6.07, 6.45) is -2.77. The minimum Gasteiger partial charge on any atom is -0.398 e. The molecule has 0 aliphatic heterocycles. The van der Waals surface area contributed by atoms with Gasteiger partial charge in [0.25, 0.3) is 5.56 Å². The molecule has 2 N–H and O–H groups in total. The van der Waals surface area contributed by atoms with Gasteiger partial charge in [0.05, 0.1) is 27.5 Å². The minimum absolute atomic E-state index is 0.241. The molecule has 1 aliphatic rings. The smallest absolute Gasteiger partial charge is 0.264 e. The van der Waals surface area contributed by atoms with Crippen molar-refractivity contribution in [2.45, 2.75) is 32.1 Å². The second kappa shape index (κ2) is 4.80. The average Bonchev–Trinajstić information content (AvgIpc) is 2.57. The molecule has 1 saturated carbocycles. The van der Waals surface area contributed by atoms with Crippen LogP contribution in [-0.2, 0) is 9.59 Å². The Morgan fingerprint density at radius 1 is 1.52 bits per heavy atom. The number of ketones is 2. The molecule has 1 heterocycles. The fourth-order valence-corrected chi connectivity index (χ4v) is 2.27. The standard InChI is InChI=1S/C15H15N3O3/c1-8-17-11-4-2-3-10(16)14(11)15(21)18(8)12-6-5-9(19)7-13(12)20/h2-4,12H,5-7,16H2,1H3/i1D2,3D,4D,5D,12D. The van der Waals surface area contributed by atoms with Gasteiger partial charge in [0.1, 0.15) is 11.6 Å². The summed E-state index contributed by atoms with van der Waals surface area (Å²) in [4.78, 5) is 41.2. The van der Waals surface area contributed by atoms with E-state index in [1.165, 1.54) is 0 Å². The van der Waals surface area contributed by atoms with Crippen molar-refractivity contribution >= 4 is 28.2 Å². The first-order chi connectivity index (χ1) is 12.5. The molecule has 0 amide bonds. The van der Waals surface area contributed by atoms with Gasteiger partial charge in [-0.1, -0.05) is 6.07 Å². The maximum atomic E-state index is 13.1. The van der Waals surface area contributed by atoms with Crippen molar-refractivity contribution in [1.29, 1.82) is 0 Å². The van der Waals surface area contributed by atoms with Crippen molar-refractivity contribution in [1.82, 2.24) is 9.55 Å². The first-order valence-electron chi connectivity index (χ1n) is 9.37. The zero-order valence-corrected chi connectivity index (χ0v) is 10.8. The fraction of sp³-hybridized carbons (Fsp3) is 0.333. The summed E-state index contributed by atoms with van der Waals surface area (Å²) in [5.74, 6) is -2.20. The summed E-state index contributed by atoms with van der Waals surface area (Å²) in [5, 5.41) is -0.366. The van der Waals surface area contributed by atoms with Crippen LogP contribution in [0, 0.1) is 6.88 Å². The SMILES string of the molecule is [2H]c1cc([2H])c2nc(C([2H])[2H])n(C3([2H])CC([2H])C(=O)CC3=O)c(=O)c2c1N. The Balaban J connectivity index is 2.45. The van der Waals surface area contributed by atoms with Crippen molar-refractivity contribution in [2.75, 3.05) is 5.73 Å². The van der Waals surface area contributed by atoms with E-state index >= 15 is 0 Å². The molecule has 2 atom stereocenters. The summed E-state index contributed by atoms with van der Waals surface area (Å²) >= 11 is 0. The number of aryl methyl sites for hydroxylation is 1. The van der Waals surface area contributed by atoms with Crippen LogP contribution in [0.2, 0.25) is 0 Å². The van der Waals surface area contributed by atoms with E-state index in [0.29, 0.717) is 4.57 Å². The molecule has 0 saturated heterocycles. The van der Waals surface area contributed by atoms with Crippen LogP contribution in [0.15, 0.2) is 22.9 Å². The Morgan fingerprint density at radius 3 is 3.10 bits per heavy atom. The van der Waals surface area contributed by atoms with Crippen LogP contribution in [-0.4, -0.2) is 21.1 Å². The molecule has 2 unspecified atom stereocenters. The molecule has 2 aromatic rings. The molecule has 0 radical (unpaired) electrons. The highest BCUT2D eigenvalue weighted by Gasteiger charge is 2.30. The van der Waals surface area contributed by atoms with Gasteiger partial charge in [0, 0.05) is 16.2 Å². The number of Topliss-reactive ketones (excluding diaryl/α,β-unsaturated/α-hetero) is 2. The third kappa shape index (κ3) is 2.12. The van der Waals surface area contributed by atoms with Crippen LogP contribution < -0.4 is 11.3 Å². The number of carbonyl (C=O) groups is 2. The molecular weight excluding hydrogens is 270 g/mol. The Hall–Kier alpha value is -2.50. The van der Waals surface area contributed by atoms with Gasteiger partial charge in [-0.15, -0.1) is 0 Å². The maximum absolute atomic E-state index is 13.1. The third-order valence-electron chi connectivity index (χ3n) is 3.26. The number of nitrogen functional groups attached to an aromatic ring is 1. The van der Waals surface area contributed by atoms with Crippen LogP contribution in [0.25, 0.3) is 10.9 Å². The second-order valence-electron chi connectivity index (χ2n) is 4.60. The normalized spacial score (nSPS) is 30.4. The molecule has 6 nitrogen and oxygen atoms in total. The molecule has 6 heteroatoms. The molecule has 1 aliphatic carbocycles. The molecule has 1 aromatic heterocycles. The van der Waals surface area contributed by atoms with Crippen LogP contribution in [0.5, 0.6) is 0 Å². The highest BCUT2D eigenvalue weighted by atomic mass is 16.2. The van der Waals surface area contributed by atoms with E-state index in [4.69, 9.17) is 14.0 Å². The zero-order valence-electron chi connectivity index (χ0n) is 16.8. The van der Waals surface area contributed by atoms with Crippen LogP contribution in [0.4, 0.5) is 5.69 Å². The first-order valence-corrected chi connectivity index (χ1v) is 6.14. The number of anilines is 1. The van der Waals surface area contributed by atoms with E-state index in [-0.39, 0.29) is 28.7 Å². The van der Waals surface area contributed by atoms with Crippen LogP contribution in [0.1, 0.15) is 39.3 Å². The lowest BCUT2D eigenvalue weighted by molar-refractivity contribution is -0.132. The minimum atomic E-state index is -2.40. The summed E-state index contributed by atoms with van der Waals surface area (Å²) in [6.45, 7) is -1.88. The molecular formula is C15H15N3O3. The number of aromatic nitrogens is 2. The van der Waals surface area contributed by atoms with E-state index in [2.05, 4.69) is 4.98 Å². The highest BCUT2D eigenvalue weighted by molar-refractivity contribution is 6.03. The number of benzene rings is 1. The number of fused-ring (bicyclic) bond motifs is 1. The highest BCUT2D eigenvalue weighted by Crippen LogP contribution is 2.24. The molecule has 1 fully saturated rings. The lowest BCUT2D eigenvalue weighted by Gasteiger charge is -2.24. The van der Waals surface area contributed by atoms with Gasteiger partial charge >= 0.3 is 0 Å². The van der Waals surface area contributed by atoms with Gasteiger partial charge in [-0.05, 0) is 25.4 Å². The molecule has 1 aromatic carbocycles. The molecule has 3 rings (SSSR count). The van der Waals surface area contributed by atoms with Crippen LogP contribution in [0.3, 0.4) is 0 Å². The van der Waals surface area contributed by atoms with Crippen molar-refractivity contribution < 1.29 is 17.8 Å². The van der Waals surface area contributed by atoms with Crippen LogP contribution >= 0.6 is 0 Å². The molecule has 0 bridgehead atoms. The Labute approximate surface area is 129 Å². The van der Waals surface area contributed by atoms with Crippen molar-refractivity contribution in [3.8, 4) is 0 Å². The van der Waals surface area contributed by atoms with E-state index in [1.54, 1.807) is 0 Å². The van der Waals surface area contributed by atoms with Crippen molar-refractivity contribution in [3.05, 3.63) is 34.3 Å². The third-order valence-corrected chi connectivity index (χ3v) is 3.26. The van der Waals surface area contributed by atoms with Gasteiger partial charge < -0.3 is 5.73 Å². The maximum Gasteiger partial charge on any atom is 0.264 e. The van der Waals surface area contributed by atoms with E-state index in [9.17, 15) is 14.4 Å². The predicted molar refractivity (Wildman–Crippen MR) is 78.1 cm³/mol. The Morgan fingerprint density at radius 2 is 2.33 bits per heavy atom. The summed E-state index contributed by atoms with van der Waals surface area (Å²) < 4.78 is 47.8. The molecule has 0 spiro atoms. The number of hydrogen-bond acceptors (Lipinski definition) is 5. The van der Waals surface area contributed by atoms with Gasteiger partial charge in [-0.3, -0.25) is 19.0 Å². The fourth-order valence-electron chi connectivity index (χ4n) is 2.27. The van der Waals surface area contributed by atoms with Gasteiger partial charge in [-0.2, -0.15) is 0 Å². The van der Waals surface area contributed by atoms with Gasteiger partial charge in [0.15, 0.2) is 5.78 Å². The number of carbonyl (C=O) groups excluding carboxylic acids is 2. The summed E-state index contributed by atoms with van der Waals surface area (Å²) in [6, 6.07) is -1.98. The summed E-state index contributed by atoms with van der Waals surface area (Å²) in [5.41, 5.74) is 4.18. The molecule has 21 heavy (non-hydrogen) atoms. The van der Waals surface area contributed by atoms with Crippen molar-refractivity contribution in [2.24, 2.45) is 0 Å². The number of rotatable bonds is 1. The summed E-state index contributed by atoms with van der Waals surface area (Å²) in [7, 11) is 0. The topological polar surface area (TPSA) is 95.0 Å². The Bertz CT molecular complexity index is 1050. The largest absolute Gasteiger partial charge is 0.398 e. The monoisotopic (exact) mass is 291 g/mol. The lowest BCUT2D eigenvalue weighted by atomic mass is 9.92. The predicted octanol–water partition coefficient (Wildman–Crippen LogP) is 1.15. The number of nitrogens with two attached hydrogens (primary N) is 1. The molecule has 108 valence electrons. The quantitative estimate of drug-likeness (QED) is 0.628. The number of hydrogen-bond donors (Lipinski definition) is 1. The van der Waals surface area contributed by atoms with Crippen molar-refractivity contribution in [3.63, 3.8) is 0 Å². The Kier molecular flexibility index (Phi) is 1.84. The first kappa shape index (κ1) is 8.07. The van der Waals surface area contributed by atoms with E-state index < -0.39 is 55.1 Å². The van der Waals surface area contributed by atoms with E-state index in [1.807, 2.05) is 0 Å². The average molecular weight is 291 g/mol. The van der Waals surface area contributed by atoms with Gasteiger partial charge in [0.2, 0.25) is 0 Å². The zero-order chi connectivity index (χ0) is 20.3. The lowest BCUT2D eigenvalue weighted by Crippen LogP contribution is -2.36. The van der Waals surface area contributed by atoms with E-state index in [0.717, 1.165) is 6.07 Å². The number of nitrogens with zero attached hydrogens (tertiary/aromatic N) is 2. The van der Waals surface area contributed by atoms with Gasteiger partial charge in [-0.25, -0.2) is 4.98 Å².